The number of benzene rings is 3. The van der Waals surface area contributed by atoms with Crippen molar-refractivity contribution in [3.63, 3.8) is 0 Å². The normalized spacial score (nSPS) is 18.9. The van der Waals surface area contributed by atoms with Gasteiger partial charge in [-0.1, -0.05) is 36.4 Å². The fourth-order valence-corrected chi connectivity index (χ4v) is 3.61. The Hall–Kier alpha value is -3.72. The number of Topliss-reactive ketones (excluding diaryl/α,β-unsaturated/α-hetero) is 1. The maximum atomic E-state index is 12.7. The van der Waals surface area contributed by atoms with Crippen LogP contribution in [0.4, 0.5) is 5.69 Å². The summed E-state index contributed by atoms with van der Waals surface area (Å²) in [7, 11) is 0. The first-order valence-electron chi connectivity index (χ1n) is 10.3. The molecule has 2 unspecified atom stereocenters. The fourth-order valence-electron chi connectivity index (χ4n) is 3.61. The number of amides is 1. The quantitative estimate of drug-likeness (QED) is 0.322. The van der Waals surface area contributed by atoms with Gasteiger partial charge in [0.2, 0.25) is 0 Å². The Balaban J connectivity index is 1.46. The summed E-state index contributed by atoms with van der Waals surface area (Å²) in [5.41, 5.74) is 1.47. The molecule has 1 aliphatic rings. The van der Waals surface area contributed by atoms with Gasteiger partial charge in [-0.25, -0.2) is 0 Å². The third-order valence-corrected chi connectivity index (χ3v) is 5.36. The molecule has 8 nitrogen and oxygen atoms in total. The van der Waals surface area contributed by atoms with Gasteiger partial charge in [-0.15, -0.1) is 0 Å². The minimum absolute atomic E-state index is 0.0795. The second-order valence-corrected chi connectivity index (χ2v) is 7.79. The highest BCUT2D eigenvalue weighted by Gasteiger charge is 2.47. The average Bonchev–Trinajstić information content (AvgIpc) is 3.05. The molecular formula is C25H23NO7. The van der Waals surface area contributed by atoms with Crippen LogP contribution in [0.5, 0.6) is 11.5 Å². The zero-order valence-corrected chi connectivity index (χ0v) is 17.8. The number of ketones is 1. The number of hydrogen-bond acceptors (Lipinski definition) is 7. The van der Waals surface area contributed by atoms with E-state index in [0.717, 1.165) is 5.56 Å². The minimum atomic E-state index is -2.00. The smallest absolute Gasteiger partial charge is 0.262 e. The minimum Gasteiger partial charge on any atom is -0.505 e. The van der Waals surface area contributed by atoms with E-state index in [1.54, 1.807) is 6.07 Å². The van der Waals surface area contributed by atoms with Gasteiger partial charge in [0.05, 0.1) is 17.9 Å². The zero-order chi connectivity index (χ0) is 23.6. The maximum Gasteiger partial charge on any atom is 0.262 e. The highest BCUT2D eigenvalue weighted by molar-refractivity contribution is 6.07. The molecule has 0 saturated carbocycles. The van der Waals surface area contributed by atoms with Crippen LogP contribution < -0.4 is 10.1 Å². The Morgan fingerprint density at radius 3 is 2.58 bits per heavy atom. The monoisotopic (exact) mass is 449 g/mol. The molecule has 0 aromatic heterocycles. The van der Waals surface area contributed by atoms with E-state index in [9.17, 15) is 24.9 Å². The molecule has 8 heteroatoms. The van der Waals surface area contributed by atoms with Gasteiger partial charge in [-0.05, 0) is 42.8 Å². The summed E-state index contributed by atoms with van der Waals surface area (Å²) in [4.78, 5) is 24.3. The standard InChI is InChI=1S/C25H23NO7/c1-15(27)18-8-5-9-20(22(18)28)26-24(30)17-10-11-21-19(12-17)23(29)25(31,33-21)14-32-13-16-6-3-2-4-7-16/h2-12,23,28-29,31H,13-14H2,1H3,(H,26,30). The topological polar surface area (TPSA) is 125 Å². The van der Waals surface area contributed by atoms with Crippen molar-refractivity contribution in [2.75, 3.05) is 11.9 Å². The number of aliphatic hydroxyl groups is 2. The number of fused-ring (bicyclic) bond motifs is 1. The third-order valence-electron chi connectivity index (χ3n) is 5.36. The molecule has 0 bridgehead atoms. The Bertz CT molecular complexity index is 1190. The Morgan fingerprint density at radius 1 is 1.09 bits per heavy atom. The van der Waals surface area contributed by atoms with Crippen molar-refractivity contribution in [3.8, 4) is 11.5 Å². The third kappa shape index (κ3) is 4.58. The van der Waals surface area contributed by atoms with Gasteiger partial charge in [-0.2, -0.15) is 0 Å². The van der Waals surface area contributed by atoms with E-state index >= 15 is 0 Å². The molecule has 0 fully saturated rings. The number of nitrogens with one attached hydrogen (secondary N) is 1. The lowest BCUT2D eigenvalue weighted by Gasteiger charge is -2.25. The summed E-state index contributed by atoms with van der Waals surface area (Å²) >= 11 is 0. The van der Waals surface area contributed by atoms with Crippen molar-refractivity contribution in [3.05, 3.63) is 89.0 Å². The summed E-state index contributed by atoms with van der Waals surface area (Å²) in [6.07, 6.45) is -1.44. The number of anilines is 1. The number of aromatic hydroxyl groups is 1. The van der Waals surface area contributed by atoms with Gasteiger partial charge in [0.1, 0.15) is 18.1 Å². The van der Waals surface area contributed by atoms with Gasteiger partial charge in [0.25, 0.3) is 11.7 Å². The highest BCUT2D eigenvalue weighted by atomic mass is 16.7. The molecule has 4 N–H and O–H groups in total. The molecule has 0 aliphatic carbocycles. The number of carbonyl (C=O) groups is 2. The summed E-state index contributed by atoms with van der Waals surface area (Å²) in [5.74, 6) is -3.01. The van der Waals surface area contributed by atoms with Crippen molar-refractivity contribution < 1.29 is 34.4 Å². The van der Waals surface area contributed by atoms with Crippen LogP contribution in [-0.4, -0.2) is 39.4 Å². The first-order valence-corrected chi connectivity index (χ1v) is 10.3. The zero-order valence-electron chi connectivity index (χ0n) is 17.8. The number of aliphatic hydroxyl groups excluding tert-OH is 1. The lowest BCUT2D eigenvalue weighted by molar-refractivity contribution is -0.221. The van der Waals surface area contributed by atoms with Gasteiger partial charge < -0.3 is 30.1 Å². The van der Waals surface area contributed by atoms with Crippen molar-refractivity contribution in [2.24, 2.45) is 0 Å². The number of ether oxygens (including phenoxy) is 2. The summed E-state index contributed by atoms with van der Waals surface area (Å²) in [6, 6.07) is 18.2. The second-order valence-electron chi connectivity index (χ2n) is 7.79. The number of rotatable bonds is 7. The SMILES string of the molecule is CC(=O)c1cccc(NC(=O)c2ccc3c(c2)C(O)C(O)(COCc2ccccc2)O3)c1O. The maximum absolute atomic E-state index is 12.7. The molecule has 2 atom stereocenters. The van der Waals surface area contributed by atoms with E-state index in [1.165, 1.54) is 37.3 Å². The fraction of sp³-hybridized carbons (Fsp3) is 0.200. The van der Waals surface area contributed by atoms with Crippen LogP contribution >= 0.6 is 0 Å². The van der Waals surface area contributed by atoms with E-state index in [4.69, 9.17) is 9.47 Å². The molecule has 170 valence electrons. The van der Waals surface area contributed by atoms with Crippen LogP contribution in [0, 0.1) is 0 Å². The summed E-state index contributed by atoms with van der Waals surface area (Å²) < 4.78 is 11.1. The lowest BCUT2D eigenvalue weighted by atomic mass is 10.0. The Labute approximate surface area is 190 Å². The van der Waals surface area contributed by atoms with Crippen molar-refractivity contribution >= 4 is 17.4 Å². The van der Waals surface area contributed by atoms with Crippen LogP contribution in [0.2, 0.25) is 0 Å². The van der Waals surface area contributed by atoms with Crippen LogP contribution in [0.25, 0.3) is 0 Å². The molecule has 4 rings (SSSR count). The molecule has 1 aliphatic heterocycles. The molecule has 3 aromatic carbocycles. The van der Waals surface area contributed by atoms with Gasteiger partial charge in [0, 0.05) is 11.1 Å². The van der Waals surface area contributed by atoms with Crippen LogP contribution in [0.1, 0.15) is 44.9 Å². The van der Waals surface area contributed by atoms with E-state index in [0.29, 0.717) is 0 Å². The molecule has 3 aromatic rings. The van der Waals surface area contributed by atoms with Gasteiger partial charge in [0.15, 0.2) is 11.9 Å². The van der Waals surface area contributed by atoms with Gasteiger partial charge in [-0.3, -0.25) is 9.59 Å². The second kappa shape index (κ2) is 9.03. The molecular weight excluding hydrogens is 426 g/mol. The number of hydrogen-bond donors (Lipinski definition) is 4. The van der Waals surface area contributed by atoms with Crippen molar-refractivity contribution in [2.45, 2.75) is 25.4 Å². The van der Waals surface area contributed by atoms with Crippen LogP contribution in [-0.2, 0) is 11.3 Å². The van der Waals surface area contributed by atoms with E-state index in [-0.39, 0.29) is 52.9 Å². The molecule has 0 radical (unpaired) electrons. The number of para-hydroxylation sites is 1. The predicted octanol–water partition coefficient (Wildman–Crippen LogP) is 3.18. The molecule has 33 heavy (non-hydrogen) atoms. The predicted molar refractivity (Wildman–Crippen MR) is 119 cm³/mol. The number of phenolic OH excluding ortho intramolecular Hbond substituents is 1. The number of phenols is 1. The lowest BCUT2D eigenvalue weighted by Crippen LogP contribution is -2.42. The first-order chi connectivity index (χ1) is 15.8. The first kappa shape index (κ1) is 22.5. The number of carbonyl (C=O) groups excluding carboxylic acids is 2. The highest BCUT2D eigenvalue weighted by Crippen LogP contribution is 2.42. The Morgan fingerprint density at radius 2 is 1.85 bits per heavy atom. The summed E-state index contributed by atoms with van der Waals surface area (Å²) in [5, 5.41) is 34.2. The average molecular weight is 449 g/mol. The van der Waals surface area contributed by atoms with Crippen molar-refractivity contribution in [1.82, 2.24) is 0 Å². The largest absolute Gasteiger partial charge is 0.505 e. The van der Waals surface area contributed by atoms with Gasteiger partial charge >= 0.3 is 0 Å². The molecule has 1 heterocycles. The van der Waals surface area contributed by atoms with Crippen LogP contribution in [0.15, 0.2) is 66.7 Å². The summed E-state index contributed by atoms with van der Waals surface area (Å²) in [6.45, 7) is 1.25. The molecule has 0 saturated heterocycles. The molecule has 1 amide bonds. The van der Waals surface area contributed by atoms with Crippen molar-refractivity contribution in [1.29, 1.82) is 0 Å². The van der Waals surface area contributed by atoms with E-state index < -0.39 is 17.8 Å². The van der Waals surface area contributed by atoms with E-state index in [2.05, 4.69) is 5.32 Å². The van der Waals surface area contributed by atoms with Crippen LogP contribution in [0.3, 0.4) is 0 Å². The Kier molecular flexibility index (Phi) is 6.15. The molecule has 0 spiro atoms. The van der Waals surface area contributed by atoms with E-state index in [1.807, 2.05) is 30.3 Å².